The molecule has 3 atom stereocenters. The van der Waals surface area contributed by atoms with Crippen molar-refractivity contribution in [3.05, 3.63) is 23.8 Å². The summed E-state index contributed by atoms with van der Waals surface area (Å²) in [5, 5.41) is 28.0. The van der Waals surface area contributed by atoms with Crippen LogP contribution in [0.5, 0.6) is 0 Å². The molecule has 3 nitrogen and oxygen atoms in total. The van der Waals surface area contributed by atoms with Crippen molar-refractivity contribution < 1.29 is 15.3 Å². The molecule has 0 saturated carbocycles. The van der Waals surface area contributed by atoms with E-state index in [1.165, 1.54) is 0 Å². The molecular formula is C10H16O3. The van der Waals surface area contributed by atoms with Crippen molar-refractivity contribution in [1.29, 1.82) is 0 Å². The van der Waals surface area contributed by atoms with Crippen LogP contribution in [0.25, 0.3) is 0 Å². The fourth-order valence-corrected chi connectivity index (χ4v) is 1.59. The summed E-state index contributed by atoms with van der Waals surface area (Å²) >= 11 is 0. The van der Waals surface area contributed by atoms with E-state index in [0.717, 1.165) is 5.57 Å². The molecule has 3 N–H and O–H groups in total. The Labute approximate surface area is 78.0 Å². The normalized spacial score (nSPS) is 34.2. The molecule has 74 valence electrons. The summed E-state index contributed by atoms with van der Waals surface area (Å²) in [6.45, 7) is 5.30. The first-order valence-electron chi connectivity index (χ1n) is 4.39. The molecule has 0 aromatic carbocycles. The second-order valence-corrected chi connectivity index (χ2v) is 3.54. The highest BCUT2D eigenvalue weighted by Crippen LogP contribution is 2.28. The van der Waals surface area contributed by atoms with Gasteiger partial charge in [0.2, 0.25) is 0 Å². The van der Waals surface area contributed by atoms with Gasteiger partial charge in [0.1, 0.15) is 6.10 Å². The van der Waals surface area contributed by atoms with E-state index in [2.05, 4.69) is 6.58 Å². The minimum atomic E-state index is -0.829. The van der Waals surface area contributed by atoms with E-state index in [-0.39, 0.29) is 12.5 Å². The first kappa shape index (κ1) is 10.4. The van der Waals surface area contributed by atoms with Crippen LogP contribution in [0.2, 0.25) is 0 Å². The van der Waals surface area contributed by atoms with Crippen LogP contribution in [0.3, 0.4) is 0 Å². The molecule has 0 aliphatic heterocycles. The smallest absolute Gasteiger partial charge is 0.101 e. The molecule has 0 amide bonds. The summed E-state index contributed by atoms with van der Waals surface area (Å²) in [6.07, 6.45) is 0.874. The lowest BCUT2D eigenvalue weighted by atomic mass is 9.81. The lowest BCUT2D eigenvalue weighted by molar-refractivity contribution is 0.00370. The first-order valence-corrected chi connectivity index (χ1v) is 4.39. The van der Waals surface area contributed by atoms with Gasteiger partial charge < -0.3 is 15.3 Å². The van der Waals surface area contributed by atoms with Gasteiger partial charge in [-0.3, -0.25) is 0 Å². The Morgan fingerprint density at radius 3 is 2.77 bits per heavy atom. The molecule has 1 rings (SSSR count). The van der Waals surface area contributed by atoms with Gasteiger partial charge in [0.15, 0.2) is 0 Å². The van der Waals surface area contributed by atoms with Crippen LogP contribution in [0.1, 0.15) is 13.3 Å². The second-order valence-electron chi connectivity index (χ2n) is 3.54. The van der Waals surface area contributed by atoms with Crippen LogP contribution in [-0.2, 0) is 0 Å². The molecule has 0 spiro atoms. The summed E-state index contributed by atoms with van der Waals surface area (Å²) in [4.78, 5) is 0. The molecule has 3 heteroatoms. The molecule has 0 fully saturated rings. The zero-order valence-electron chi connectivity index (χ0n) is 7.77. The maximum atomic E-state index is 9.65. The SMILES string of the molecule is C=C(CO)[C@@H]1CC=C(C)[C@@H](O)[C@@H]1O. The van der Waals surface area contributed by atoms with Gasteiger partial charge in [-0.2, -0.15) is 0 Å². The average Bonchev–Trinajstić information content (AvgIpc) is 2.13. The van der Waals surface area contributed by atoms with E-state index >= 15 is 0 Å². The molecule has 0 aromatic heterocycles. The summed E-state index contributed by atoms with van der Waals surface area (Å²) in [5.41, 5.74) is 1.37. The first-order chi connectivity index (χ1) is 6.07. The van der Waals surface area contributed by atoms with E-state index in [0.29, 0.717) is 12.0 Å². The molecule has 0 aromatic rings. The largest absolute Gasteiger partial charge is 0.392 e. The lowest BCUT2D eigenvalue weighted by Gasteiger charge is -2.31. The van der Waals surface area contributed by atoms with Gasteiger partial charge in [0.05, 0.1) is 12.7 Å². The van der Waals surface area contributed by atoms with E-state index in [1.807, 2.05) is 6.08 Å². The average molecular weight is 184 g/mol. The van der Waals surface area contributed by atoms with E-state index < -0.39 is 12.2 Å². The Hall–Kier alpha value is -0.640. The molecule has 0 saturated heterocycles. The minimum Gasteiger partial charge on any atom is -0.392 e. The van der Waals surface area contributed by atoms with Gasteiger partial charge in [-0.25, -0.2) is 0 Å². The Morgan fingerprint density at radius 1 is 1.62 bits per heavy atom. The standard InChI is InChI=1S/C10H16O3/c1-6-3-4-8(7(2)5-11)10(13)9(6)12/h3,8-13H,2,4-5H2,1H3/t8-,9+,10+/m0/s1. The number of allylic oxidation sites excluding steroid dienone is 1. The van der Waals surface area contributed by atoms with Crippen LogP contribution in [0, 0.1) is 5.92 Å². The van der Waals surface area contributed by atoms with Crippen molar-refractivity contribution in [2.45, 2.75) is 25.6 Å². The van der Waals surface area contributed by atoms with Crippen molar-refractivity contribution in [2.75, 3.05) is 6.61 Å². The van der Waals surface area contributed by atoms with Gasteiger partial charge in [0.25, 0.3) is 0 Å². The zero-order chi connectivity index (χ0) is 10.0. The summed E-state index contributed by atoms with van der Waals surface area (Å²) in [5.74, 6) is -0.219. The number of aliphatic hydroxyl groups is 3. The number of aliphatic hydroxyl groups excluding tert-OH is 3. The topological polar surface area (TPSA) is 60.7 Å². The van der Waals surface area contributed by atoms with Gasteiger partial charge in [-0.05, 0) is 24.5 Å². The zero-order valence-corrected chi connectivity index (χ0v) is 7.77. The van der Waals surface area contributed by atoms with Crippen LogP contribution in [0.4, 0.5) is 0 Å². The highest BCUT2D eigenvalue weighted by molar-refractivity contribution is 5.19. The molecule has 0 bridgehead atoms. The second kappa shape index (κ2) is 4.05. The highest BCUT2D eigenvalue weighted by atomic mass is 16.3. The van der Waals surface area contributed by atoms with Crippen molar-refractivity contribution in [3.63, 3.8) is 0 Å². The fraction of sp³-hybridized carbons (Fsp3) is 0.600. The minimum absolute atomic E-state index is 0.138. The van der Waals surface area contributed by atoms with Crippen LogP contribution in [-0.4, -0.2) is 34.1 Å². The third kappa shape index (κ3) is 1.99. The Bertz CT molecular complexity index is 232. The molecule has 1 aliphatic carbocycles. The number of rotatable bonds is 2. The molecular weight excluding hydrogens is 168 g/mol. The van der Waals surface area contributed by atoms with E-state index in [1.54, 1.807) is 6.92 Å². The number of hydrogen-bond donors (Lipinski definition) is 3. The Kier molecular flexibility index (Phi) is 3.25. The molecule has 13 heavy (non-hydrogen) atoms. The summed E-state index contributed by atoms with van der Waals surface area (Å²) in [7, 11) is 0. The summed E-state index contributed by atoms with van der Waals surface area (Å²) in [6, 6.07) is 0. The molecule has 0 heterocycles. The van der Waals surface area contributed by atoms with Crippen LogP contribution >= 0.6 is 0 Å². The van der Waals surface area contributed by atoms with Gasteiger partial charge in [-0.15, -0.1) is 0 Å². The van der Waals surface area contributed by atoms with Gasteiger partial charge in [0, 0.05) is 5.92 Å². The molecule has 0 unspecified atom stereocenters. The molecule has 1 aliphatic rings. The Balaban J connectivity index is 2.76. The van der Waals surface area contributed by atoms with E-state index in [4.69, 9.17) is 5.11 Å². The van der Waals surface area contributed by atoms with Crippen molar-refractivity contribution >= 4 is 0 Å². The lowest BCUT2D eigenvalue weighted by Crippen LogP contribution is -2.38. The van der Waals surface area contributed by atoms with Crippen LogP contribution < -0.4 is 0 Å². The van der Waals surface area contributed by atoms with Crippen molar-refractivity contribution in [3.8, 4) is 0 Å². The van der Waals surface area contributed by atoms with Gasteiger partial charge >= 0.3 is 0 Å². The highest BCUT2D eigenvalue weighted by Gasteiger charge is 2.31. The van der Waals surface area contributed by atoms with Gasteiger partial charge in [-0.1, -0.05) is 12.7 Å². The number of hydrogen-bond acceptors (Lipinski definition) is 3. The summed E-state index contributed by atoms with van der Waals surface area (Å²) < 4.78 is 0. The predicted molar refractivity (Wildman–Crippen MR) is 50.1 cm³/mol. The monoisotopic (exact) mass is 184 g/mol. The van der Waals surface area contributed by atoms with E-state index in [9.17, 15) is 10.2 Å². The van der Waals surface area contributed by atoms with Crippen molar-refractivity contribution in [1.82, 2.24) is 0 Å². The third-order valence-corrected chi connectivity index (χ3v) is 2.62. The van der Waals surface area contributed by atoms with Crippen LogP contribution in [0.15, 0.2) is 23.8 Å². The Morgan fingerprint density at radius 2 is 2.23 bits per heavy atom. The fourth-order valence-electron chi connectivity index (χ4n) is 1.59. The maximum absolute atomic E-state index is 9.65. The molecule has 0 radical (unpaired) electrons. The predicted octanol–water partition coefficient (Wildman–Crippen LogP) is 0.223. The maximum Gasteiger partial charge on any atom is 0.101 e. The quantitative estimate of drug-likeness (QED) is 0.538. The van der Waals surface area contributed by atoms with Crippen molar-refractivity contribution in [2.24, 2.45) is 5.92 Å². The third-order valence-electron chi connectivity index (χ3n) is 2.62.